The SMILES string of the molecule is C1CCCN(c2noc(C3CCNC3)n2)CC1. The van der Waals surface area contributed by atoms with Gasteiger partial charge in [0.15, 0.2) is 0 Å². The lowest BCUT2D eigenvalue weighted by molar-refractivity contribution is 0.358. The van der Waals surface area contributed by atoms with Crippen molar-refractivity contribution in [3.05, 3.63) is 5.89 Å². The van der Waals surface area contributed by atoms with Gasteiger partial charge < -0.3 is 14.7 Å². The number of nitrogens with one attached hydrogen (secondary N) is 1. The fourth-order valence-electron chi connectivity index (χ4n) is 2.66. The molecule has 1 atom stereocenters. The fourth-order valence-corrected chi connectivity index (χ4v) is 2.66. The van der Waals surface area contributed by atoms with E-state index in [-0.39, 0.29) is 0 Å². The minimum absolute atomic E-state index is 0.420. The Hall–Kier alpha value is -1.10. The molecule has 2 aliphatic rings. The van der Waals surface area contributed by atoms with Crippen molar-refractivity contribution in [2.45, 2.75) is 38.0 Å². The van der Waals surface area contributed by atoms with Crippen molar-refractivity contribution in [3.8, 4) is 0 Å². The maximum Gasteiger partial charge on any atom is 0.266 e. The molecule has 0 bridgehead atoms. The highest BCUT2D eigenvalue weighted by molar-refractivity contribution is 5.28. The number of hydrogen-bond donors (Lipinski definition) is 1. The van der Waals surface area contributed by atoms with Crippen LogP contribution in [0.15, 0.2) is 4.52 Å². The summed E-state index contributed by atoms with van der Waals surface area (Å²) < 4.78 is 5.40. The smallest absolute Gasteiger partial charge is 0.266 e. The molecular weight excluding hydrogens is 216 g/mol. The molecule has 2 saturated heterocycles. The predicted molar refractivity (Wildman–Crippen MR) is 65.2 cm³/mol. The van der Waals surface area contributed by atoms with Gasteiger partial charge in [-0.05, 0) is 31.0 Å². The highest BCUT2D eigenvalue weighted by Crippen LogP contribution is 2.23. The molecule has 0 amide bonds. The van der Waals surface area contributed by atoms with E-state index in [0.29, 0.717) is 5.92 Å². The Morgan fingerprint density at radius 3 is 2.71 bits per heavy atom. The number of rotatable bonds is 2. The van der Waals surface area contributed by atoms with Crippen LogP contribution >= 0.6 is 0 Å². The zero-order valence-electron chi connectivity index (χ0n) is 10.2. The predicted octanol–water partition coefficient (Wildman–Crippen LogP) is 1.53. The van der Waals surface area contributed by atoms with E-state index < -0.39 is 0 Å². The van der Waals surface area contributed by atoms with Crippen LogP contribution in [0.1, 0.15) is 43.9 Å². The number of hydrogen-bond acceptors (Lipinski definition) is 5. The van der Waals surface area contributed by atoms with Crippen LogP contribution in [0.2, 0.25) is 0 Å². The van der Waals surface area contributed by atoms with Crippen molar-refractivity contribution in [2.24, 2.45) is 0 Å². The first-order chi connectivity index (χ1) is 8.43. The molecule has 5 heteroatoms. The lowest BCUT2D eigenvalue weighted by atomic mass is 10.1. The standard InChI is InChI=1S/C12H20N4O/c1-2-4-8-16(7-3-1)12-14-11(17-15-12)10-5-6-13-9-10/h10,13H,1-9H2. The third-order valence-corrected chi connectivity index (χ3v) is 3.73. The molecule has 0 aliphatic carbocycles. The van der Waals surface area contributed by atoms with Crippen LogP contribution in [0.3, 0.4) is 0 Å². The Balaban J connectivity index is 1.70. The zero-order chi connectivity index (χ0) is 11.5. The van der Waals surface area contributed by atoms with Gasteiger partial charge in [-0.25, -0.2) is 0 Å². The molecule has 17 heavy (non-hydrogen) atoms. The third kappa shape index (κ3) is 2.44. The minimum Gasteiger partial charge on any atom is -0.338 e. The average molecular weight is 236 g/mol. The van der Waals surface area contributed by atoms with Gasteiger partial charge in [0.2, 0.25) is 5.89 Å². The number of aromatic nitrogens is 2. The Kier molecular flexibility index (Phi) is 3.27. The summed E-state index contributed by atoms with van der Waals surface area (Å²) in [5.74, 6) is 2.03. The van der Waals surface area contributed by atoms with E-state index in [2.05, 4.69) is 20.4 Å². The summed E-state index contributed by atoms with van der Waals surface area (Å²) in [6, 6.07) is 0. The zero-order valence-corrected chi connectivity index (χ0v) is 10.2. The highest BCUT2D eigenvalue weighted by atomic mass is 16.5. The van der Waals surface area contributed by atoms with E-state index in [1.807, 2.05) is 0 Å². The lowest BCUT2D eigenvalue weighted by Crippen LogP contribution is -2.25. The Morgan fingerprint density at radius 2 is 2.00 bits per heavy atom. The molecule has 2 aliphatic heterocycles. The van der Waals surface area contributed by atoms with Crippen molar-refractivity contribution in [3.63, 3.8) is 0 Å². The van der Waals surface area contributed by atoms with E-state index >= 15 is 0 Å². The largest absolute Gasteiger partial charge is 0.338 e. The topological polar surface area (TPSA) is 54.2 Å². The van der Waals surface area contributed by atoms with Gasteiger partial charge in [0.25, 0.3) is 5.95 Å². The van der Waals surface area contributed by atoms with Crippen LogP contribution < -0.4 is 10.2 Å². The Morgan fingerprint density at radius 1 is 1.18 bits per heavy atom. The molecule has 5 nitrogen and oxygen atoms in total. The van der Waals surface area contributed by atoms with Crippen LogP contribution in [0.5, 0.6) is 0 Å². The van der Waals surface area contributed by atoms with Gasteiger partial charge in [0, 0.05) is 19.6 Å². The van der Waals surface area contributed by atoms with Crippen molar-refractivity contribution in [1.82, 2.24) is 15.5 Å². The van der Waals surface area contributed by atoms with Crippen molar-refractivity contribution in [2.75, 3.05) is 31.1 Å². The van der Waals surface area contributed by atoms with Gasteiger partial charge >= 0.3 is 0 Å². The van der Waals surface area contributed by atoms with Gasteiger partial charge in [0.1, 0.15) is 0 Å². The van der Waals surface area contributed by atoms with Gasteiger partial charge in [-0.3, -0.25) is 0 Å². The highest BCUT2D eigenvalue weighted by Gasteiger charge is 2.24. The van der Waals surface area contributed by atoms with E-state index in [4.69, 9.17) is 4.52 Å². The number of anilines is 1. The van der Waals surface area contributed by atoms with Crippen LogP contribution in [0.4, 0.5) is 5.95 Å². The Labute approximate surface area is 102 Å². The molecule has 0 radical (unpaired) electrons. The summed E-state index contributed by atoms with van der Waals surface area (Å²) in [6.07, 6.45) is 6.26. The molecule has 3 rings (SSSR count). The van der Waals surface area contributed by atoms with E-state index in [0.717, 1.165) is 44.4 Å². The average Bonchev–Trinajstić information content (AvgIpc) is 2.95. The molecule has 1 N–H and O–H groups in total. The quantitative estimate of drug-likeness (QED) is 0.844. The van der Waals surface area contributed by atoms with Crippen molar-refractivity contribution >= 4 is 5.95 Å². The first kappa shape index (κ1) is 11.0. The molecule has 0 saturated carbocycles. The Bertz CT molecular complexity index is 351. The normalized spacial score (nSPS) is 26.1. The molecule has 94 valence electrons. The summed E-state index contributed by atoms with van der Waals surface area (Å²) in [6.45, 7) is 4.18. The second kappa shape index (κ2) is 5.04. The molecule has 2 fully saturated rings. The minimum atomic E-state index is 0.420. The van der Waals surface area contributed by atoms with E-state index in [9.17, 15) is 0 Å². The fraction of sp³-hybridized carbons (Fsp3) is 0.833. The van der Waals surface area contributed by atoms with Crippen molar-refractivity contribution < 1.29 is 4.52 Å². The first-order valence-electron chi connectivity index (χ1n) is 6.73. The third-order valence-electron chi connectivity index (χ3n) is 3.73. The summed E-state index contributed by atoms with van der Waals surface area (Å²) in [4.78, 5) is 6.83. The van der Waals surface area contributed by atoms with Crippen LogP contribution in [-0.4, -0.2) is 36.3 Å². The van der Waals surface area contributed by atoms with E-state index in [1.165, 1.54) is 25.7 Å². The monoisotopic (exact) mass is 236 g/mol. The second-order valence-electron chi connectivity index (χ2n) is 5.02. The molecular formula is C12H20N4O. The van der Waals surface area contributed by atoms with Gasteiger partial charge in [-0.2, -0.15) is 4.98 Å². The maximum absolute atomic E-state index is 5.40. The molecule has 0 spiro atoms. The summed E-state index contributed by atoms with van der Waals surface area (Å²) in [5.41, 5.74) is 0. The summed E-state index contributed by atoms with van der Waals surface area (Å²) in [5, 5.41) is 7.47. The van der Waals surface area contributed by atoms with Gasteiger partial charge in [-0.15, -0.1) is 0 Å². The molecule has 3 heterocycles. The molecule has 1 aromatic heterocycles. The first-order valence-corrected chi connectivity index (χ1v) is 6.73. The van der Waals surface area contributed by atoms with Crippen molar-refractivity contribution in [1.29, 1.82) is 0 Å². The van der Waals surface area contributed by atoms with Gasteiger partial charge in [0.05, 0.1) is 5.92 Å². The maximum atomic E-state index is 5.40. The summed E-state index contributed by atoms with van der Waals surface area (Å²) >= 11 is 0. The molecule has 1 unspecified atom stereocenters. The van der Waals surface area contributed by atoms with Crippen LogP contribution in [-0.2, 0) is 0 Å². The summed E-state index contributed by atoms with van der Waals surface area (Å²) in [7, 11) is 0. The number of nitrogens with zero attached hydrogens (tertiary/aromatic N) is 3. The van der Waals surface area contributed by atoms with Crippen LogP contribution in [0.25, 0.3) is 0 Å². The van der Waals surface area contributed by atoms with Crippen LogP contribution in [0, 0.1) is 0 Å². The molecule has 0 aromatic carbocycles. The van der Waals surface area contributed by atoms with Gasteiger partial charge in [-0.1, -0.05) is 12.8 Å². The second-order valence-corrected chi connectivity index (χ2v) is 5.02. The van der Waals surface area contributed by atoms with E-state index in [1.54, 1.807) is 0 Å². The lowest BCUT2D eigenvalue weighted by Gasteiger charge is -2.16. The molecule has 1 aromatic rings.